The number of anilines is 1. The zero-order valence-electron chi connectivity index (χ0n) is 11.7. The lowest BCUT2D eigenvalue weighted by atomic mass is 9.80. The zero-order valence-corrected chi connectivity index (χ0v) is 11.7. The van der Waals surface area contributed by atoms with Crippen LogP contribution in [0.1, 0.15) is 43.2 Å². The van der Waals surface area contributed by atoms with Gasteiger partial charge in [0.25, 0.3) is 0 Å². The summed E-state index contributed by atoms with van der Waals surface area (Å²) in [6.07, 6.45) is 7.18. The predicted molar refractivity (Wildman–Crippen MR) is 78.9 cm³/mol. The number of nitrogens with one attached hydrogen (secondary N) is 2. The summed E-state index contributed by atoms with van der Waals surface area (Å²) >= 11 is 0. The van der Waals surface area contributed by atoms with Crippen LogP contribution in [0.25, 0.3) is 0 Å². The number of aryl methyl sites for hydroxylation is 1. The molecule has 0 aliphatic heterocycles. The first kappa shape index (κ1) is 13.4. The van der Waals surface area contributed by atoms with Crippen LogP contribution in [0, 0.1) is 0 Å². The Morgan fingerprint density at radius 3 is 2.75 bits per heavy atom. The Labute approximate surface area is 119 Å². The van der Waals surface area contributed by atoms with Crippen molar-refractivity contribution >= 4 is 11.7 Å². The van der Waals surface area contributed by atoms with Gasteiger partial charge in [0.05, 0.1) is 5.60 Å². The van der Waals surface area contributed by atoms with Gasteiger partial charge in [0.15, 0.2) is 0 Å². The van der Waals surface area contributed by atoms with Crippen LogP contribution in [0.4, 0.5) is 10.5 Å². The number of aliphatic hydroxyl groups is 1. The minimum atomic E-state index is -0.673. The summed E-state index contributed by atoms with van der Waals surface area (Å²) in [5.41, 5.74) is 2.87. The van der Waals surface area contributed by atoms with E-state index >= 15 is 0 Å². The van der Waals surface area contributed by atoms with Gasteiger partial charge in [0.2, 0.25) is 0 Å². The molecule has 1 aromatic rings. The molecule has 2 amide bonds. The van der Waals surface area contributed by atoms with Crippen LogP contribution in [0.3, 0.4) is 0 Å². The molecule has 0 heterocycles. The average Bonchev–Trinajstić information content (AvgIpc) is 2.43. The number of carbonyl (C=O) groups excluding carboxylic acids is 1. The van der Waals surface area contributed by atoms with Crippen LogP contribution in [0.5, 0.6) is 0 Å². The Bertz CT molecular complexity index is 509. The van der Waals surface area contributed by atoms with E-state index in [1.54, 1.807) is 0 Å². The van der Waals surface area contributed by atoms with E-state index in [0.717, 1.165) is 37.8 Å². The molecule has 0 aromatic heterocycles. The van der Waals surface area contributed by atoms with Crippen molar-refractivity contribution in [3.63, 3.8) is 0 Å². The first-order valence-corrected chi connectivity index (χ1v) is 7.54. The largest absolute Gasteiger partial charge is 0.388 e. The van der Waals surface area contributed by atoms with Gasteiger partial charge in [-0.05, 0) is 62.1 Å². The van der Waals surface area contributed by atoms with E-state index in [9.17, 15) is 9.90 Å². The summed E-state index contributed by atoms with van der Waals surface area (Å²) in [5.74, 6) is 0. The van der Waals surface area contributed by atoms with Gasteiger partial charge in [-0.1, -0.05) is 12.1 Å². The Hall–Kier alpha value is -1.55. The molecule has 0 radical (unpaired) electrons. The van der Waals surface area contributed by atoms with E-state index in [0.29, 0.717) is 6.54 Å². The Kier molecular flexibility index (Phi) is 3.66. The summed E-state index contributed by atoms with van der Waals surface area (Å²) in [6, 6.07) is 5.89. The van der Waals surface area contributed by atoms with Gasteiger partial charge in [-0.15, -0.1) is 0 Å². The normalized spacial score (nSPS) is 19.6. The van der Waals surface area contributed by atoms with Crippen LogP contribution >= 0.6 is 0 Å². The lowest BCUT2D eigenvalue weighted by molar-refractivity contribution is -0.0287. The van der Waals surface area contributed by atoms with Crippen molar-refractivity contribution in [2.75, 3.05) is 11.9 Å². The fourth-order valence-corrected chi connectivity index (χ4v) is 3.07. The molecule has 0 saturated heterocycles. The highest BCUT2D eigenvalue weighted by Crippen LogP contribution is 2.31. The van der Waals surface area contributed by atoms with E-state index in [4.69, 9.17) is 0 Å². The number of amides is 2. The molecule has 3 N–H and O–H groups in total. The number of urea groups is 1. The maximum Gasteiger partial charge on any atom is 0.319 e. The lowest BCUT2D eigenvalue weighted by Crippen LogP contribution is -2.48. The third-order valence-corrected chi connectivity index (χ3v) is 4.51. The molecule has 2 aliphatic carbocycles. The van der Waals surface area contributed by atoms with Crippen molar-refractivity contribution in [3.05, 3.63) is 29.3 Å². The Morgan fingerprint density at radius 1 is 1.20 bits per heavy atom. The third-order valence-electron chi connectivity index (χ3n) is 4.51. The topological polar surface area (TPSA) is 61.4 Å². The number of hydrogen-bond donors (Lipinski definition) is 3. The molecule has 108 valence electrons. The van der Waals surface area contributed by atoms with Crippen LogP contribution in [-0.2, 0) is 12.8 Å². The number of benzene rings is 1. The van der Waals surface area contributed by atoms with Gasteiger partial charge in [0, 0.05) is 12.2 Å². The number of hydrogen-bond acceptors (Lipinski definition) is 2. The summed E-state index contributed by atoms with van der Waals surface area (Å²) in [6.45, 7) is 0.341. The molecular formula is C16H22N2O2. The van der Waals surface area contributed by atoms with Crippen molar-refractivity contribution in [1.29, 1.82) is 0 Å². The second-order valence-corrected chi connectivity index (χ2v) is 6.04. The summed E-state index contributed by atoms with van der Waals surface area (Å²) in [4.78, 5) is 12.0. The van der Waals surface area contributed by atoms with Crippen LogP contribution in [0.2, 0.25) is 0 Å². The summed E-state index contributed by atoms with van der Waals surface area (Å²) in [7, 11) is 0. The monoisotopic (exact) mass is 274 g/mol. The number of carbonyl (C=O) groups is 1. The first-order valence-electron chi connectivity index (χ1n) is 7.54. The molecule has 4 heteroatoms. The van der Waals surface area contributed by atoms with Gasteiger partial charge >= 0.3 is 6.03 Å². The van der Waals surface area contributed by atoms with E-state index in [2.05, 4.69) is 16.7 Å². The molecule has 0 unspecified atom stereocenters. The van der Waals surface area contributed by atoms with E-state index < -0.39 is 5.60 Å². The molecule has 1 fully saturated rings. The van der Waals surface area contributed by atoms with Crippen molar-refractivity contribution in [2.24, 2.45) is 0 Å². The van der Waals surface area contributed by atoms with Gasteiger partial charge in [-0.2, -0.15) is 0 Å². The van der Waals surface area contributed by atoms with E-state index in [1.807, 2.05) is 12.1 Å². The molecule has 4 nitrogen and oxygen atoms in total. The lowest BCUT2D eigenvalue weighted by Gasteiger charge is -2.36. The average molecular weight is 274 g/mol. The van der Waals surface area contributed by atoms with Gasteiger partial charge in [0.1, 0.15) is 0 Å². The molecule has 20 heavy (non-hydrogen) atoms. The van der Waals surface area contributed by atoms with Gasteiger partial charge in [-0.3, -0.25) is 0 Å². The molecule has 2 aliphatic rings. The molecule has 1 aromatic carbocycles. The smallest absolute Gasteiger partial charge is 0.319 e. The second kappa shape index (κ2) is 5.44. The van der Waals surface area contributed by atoms with Crippen molar-refractivity contribution < 1.29 is 9.90 Å². The number of rotatable bonds is 3. The zero-order chi connectivity index (χ0) is 14.0. The Morgan fingerprint density at radius 2 is 2.00 bits per heavy atom. The SMILES string of the molecule is O=C(NCC1(O)CCC1)Nc1cccc2c1CCCC2. The van der Waals surface area contributed by atoms with Crippen molar-refractivity contribution in [2.45, 2.75) is 50.5 Å². The molecule has 0 atom stereocenters. The van der Waals surface area contributed by atoms with Gasteiger partial charge < -0.3 is 15.7 Å². The maximum atomic E-state index is 12.0. The Balaban J connectivity index is 1.61. The quantitative estimate of drug-likeness (QED) is 0.793. The summed E-state index contributed by atoms with van der Waals surface area (Å²) < 4.78 is 0. The van der Waals surface area contributed by atoms with E-state index in [1.165, 1.54) is 24.0 Å². The first-order chi connectivity index (χ1) is 9.66. The fourth-order valence-electron chi connectivity index (χ4n) is 3.07. The molecule has 1 saturated carbocycles. The van der Waals surface area contributed by atoms with Crippen LogP contribution < -0.4 is 10.6 Å². The van der Waals surface area contributed by atoms with Gasteiger partial charge in [-0.25, -0.2) is 4.79 Å². The van der Waals surface area contributed by atoms with Crippen molar-refractivity contribution in [1.82, 2.24) is 5.32 Å². The highest BCUT2D eigenvalue weighted by atomic mass is 16.3. The molecule has 0 bridgehead atoms. The molecule has 0 spiro atoms. The summed E-state index contributed by atoms with van der Waals surface area (Å²) in [5, 5.41) is 15.7. The third kappa shape index (κ3) is 2.80. The highest BCUT2D eigenvalue weighted by molar-refractivity contribution is 5.90. The van der Waals surface area contributed by atoms with Crippen LogP contribution in [-0.4, -0.2) is 23.3 Å². The highest BCUT2D eigenvalue weighted by Gasteiger charge is 2.34. The second-order valence-electron chi connectivity index (χ2n) is 6.04. The molecule has 3 rings (SSSR count). The van der Waals surface area contributed by atoms with Crippen LogP contribution in [0.15, 0.2) is 18.2 Å². The van der Waals surface area contributed by atoms with Crippen molar-refractivity contribution in [3.8, 4) is 0 Å². The standard InChI is InChI=1S/C16H22N2O2/c19-15(17-11-16(20)9-4-10-16)18-14-8-3-6-12-5-1-2-7-13(12)14/h3,6,8,20H,1-2,4-5,7,9-11H2,(H2,17,18,19). The van der Waals surface area contributed by atoms with E-state index in [-0.39, 0.29) is 6.03 Å². The minimum Gasteiger partial charge on any atom is -0.388 e. The number of fused-ring (bicyclic) bond motifs is 1. The maximum absolute atomic E-state index is 12.0. The fraction of sp³-hybridized carbons (Fsp3) is 0.562. The predicted octanol–water partition coefficient (Wildman–Crippen LogP) is 2.60. The molecular weight excluding hydrogens is 252 g/mol. The minimum absolute atomic E-state index is 0.218.